The summed E-state index contributed by atoms with van der Waals surface area (Å²) >= 11 is 0. The van der Waals surface area contributed by atoms with Crippen molar-refractivity contribution in [3.8, 4) is 22.9 Å². The van der Waals surface area contributed by atoms with E-state index in [4.69, 9.17) is 9.47 Å². The van der Waals surface area contributed by atoms with Crippen LogP contribution in [0.5, 0.6) is 11.6 Å². The van der Waals surface area contributed by atoms with E-state index in [0.717, 1.165) is 29.0 Å². The van der Waals surface area contributed by atoms with E-state index in [-0.39, 0.29) is 0 Å². The van der Waals surface area contributed by atoms with Crippen LogP contribution in [0.25, 0.3) is 11.3 Å². The molecule has 4 nitrogen and oxygen atoms in total. The fourth-order valence-electron chi connectivity index (χ4n) is 2.97. The Balaban J connectivity index is 1.52. The number of aromatic nitrogens is 2. The Hall–Kier alpha value is -2.88. The number of hydrogen-bond donors (Lipinski definition) is 0. The van der Waals surface area contributed by atoms with Crippen molar-refractivity contribution in [3.05, 3.63) is 72.1 Å². The first-order chi connectivity index (χ1) is 13.8. The summed E-state index contributed by atoms with van der Waals surface area (Å²) in [5.41, 5.74) is 4.33. The van der Waals surface area contributed by atoms with Gasteiger partial charge >= 0.3 is 0 Å². The van der Waals surface area contributed by atoms with E-state index in [0.29, 0.717) is 19.1 Å². The van der Waals surface area contributed by atoms with Gasteiger partial charge in [0.1, 0.15) is 12.4 Å². The van der Waals surface area contributed by atoms with Crippen molar-refractivity contribution in [2.75, 3.05) is 6.61 Å². The third kappa shape index (κ3) is 5.81. The Kier molecular flexibility index (Phi) is 7.42. The van der Waals surface area contributed by atoms with Gasteiger partial charge in [0.15, 0.2) is 0 Å². The summed E-state index contributed by atoms with van der Waals surface area (Å²) in [5, 5.41) is 0. The van der Waals surface area contributed by atoms with Crippen LogP contribution in [-0.4, -0.2) is 16.6 Å². The van der Waals surface area contributed by atoms with Gasteiger partial charge in [-0.15, -0.1) is 0 Å². The van der Waals surface area contributed by atoms with Crippen LogP contribution in [0.2, 0.25) is 0 Å². The first-order valence-electron chi connectivity index (χ1n) is 10.0. The summed E-state index contributed by atoms with van der Waals surface area (Å²) in [7, 11) is 0. The first-order valence-corrected chi connectivity index (χ1v) is 10.0. The molecule has 0 atom stereocenters. The minimum absolute atomic E-state index is 0.492. The van der Waals surface area contributed by atoms with Crippen molar-refractivity contribution >= 4 is 0 Å². The molecule has 0 spiro atoms. The van der Waals surface area contributed by atoms with E-state index < -0.39 is 0 Å². The molecule has 0 aliphatic rings. The maximum absolute atomic E-state index is 5.78. The zero-order valence-electron chi connectivity index (χ0n) is 16.7. The predicted octanol–water partition coefficient (Wildman–Crippen LogP) is 5.85. The molecule has 4 heteroatoms. The maximum atomic E-state index is 5.78. The lowest BCUT2D eigenvalue weighted by Crippen LogP contribution is -1.99. The average Bonchev–Trinajstić information content (AvgIpc) is 2.75. The van der Waals surface area contributed by atoms with Crippen molar-refractivity contribution in [1.29, 1.82) is 0 Å². The smallest absolute Gasteiger partial charge is 0.232 e. The molecule has 0 aliphatic heterocycles. The predicted molar refractivity (Wildman–Crippen MR) is 113 cm³/mol. The molecule has 0 saturated carbocycles. The second-order valence-corrected chi connectivity index (χ2v) is 6.76. The van der Waals surface area contributed by atoms with Crippen molar-refractivity contribution in [3.63, 3.8) is 0 Å². The summed E-state index contributed by atoms with van der Waals surface area (Å²) in [6.07, 6.45) is 8.35. The van der Waals surface area contributed by atoms with Crippen molar-refractivity contribution in [1.82, 2.24) is 9.97 Å². The Morgan fingerprint density at radius 1 is 0.750 bits per heavy atom. The molecule has 28 heavy (non-hydrogen) atoms. The van der Waals surface area contributed by atoms with Crippen molar-refractivity contribution in [2.45, 2.75) is 46.1 Å². The highest BCUT2D eigenvalue weighted by molar-refractivity contribution is 5.59. The van der Waals surface area contributed by atoms with Gasteiger partial charge in [-0.3, -0.25) is 0 Å². The topological polar surface area (TPSA) is 44.2 Å². The summed E-state index contributed by atoms with van der Waals surface area (Å²) in [4.78, 5) is 8.84. The molecule has 0 amide bonds. The lowest BCUT2D eigenvalue weighted by molar-refractivity contribution is 0.292. The molecule has 1 aromatic heterocycles. The SMILES string of the molecule is CCCCCc1ccc(COc2cnc(-c3ccc(OCC)cc3)cn2)cc1. The monoisotopic (exact) mass is 376 g/mol. The number of benzene rings is 2. The standard InChI is InChI=1S/C24H28N2O2/c1-3-5-6-7-19-8-10-20(11-9-19)18-28-24-17-25-23(16-26-24)21-12-14-22(15-13-21)27-4-2/h8-17H,3-7,18H2,1-2H3. The van der Waals surface area contributed by atoms with Gasteiger partial charge in [-0.2, -0.15) is 0 Å². The Labute approximate surface area is 167 Å². The largest absolute Gasteiger partial charge is 0.494 e. The van der Waals surface area contributed by atoms with Gasteiger partial charge in [-0.05, 0) is 55.2 Å². The van der Waals surface area contributed by atoms with E-state index >= 15 is 0 Å². The summed E-state index contributed by atoms with van der Waals surface area (Å²) < 4.78 is 11.2. The molecule has 1 heterocycles. The highest BCUT2D eigenvalue weighted by Gasteiger charge is 2.03. The number of aryl methyl sites for hydroxylation is 1. The highest BCUT2D eigenvalue weighted by Crippen LogP contribution is 2.21. The summed E-state index contributed by atoms with van der Waals surface area (Å²) in [6, 6.07) is 16.5. The third-order valence-corrected chi connectivity index (χ3v) is 4.57. The van der Waals surface area contributed by atoms with E-state index in [1.807, 2.05) is 31.2 Å². The molecular formula is C24H28N2O2. The number of unbranched alkanes of at least 4 members (excludes halogenated alkanes) is 2. The number of rotatable bonds is 10. The van der Waals surface area contributed by atoms with E-state index in [1.54, 1.807) is 12.4 Å². The van der Waals surface area contributed by atoms with E-state index in [9.17, 15) is 0 Å². The third-order valence-electron chi connectivity index (χ3n) is 4.57. The van der Waals surface area contributed by atoms with Crippen LogP contribution >= 0.6 is 0 Å². The van der Waals surface area contributed by atoms with Crippen LogP contribution in [0.15, 0.2) is 60.9 Å². The molecule has 3 aromatic rings. The summed E-state index contributed by atoms with van der Waals surface area (Å²) in [5.74, 6) is 1.39. The fraction of sp³-hybridized carbons (Fsp3) is 0.333. The lowest BCUT2D eigenvalue weighted by atomic mass is 10.1. The first kappa shape index (κ1) is 19.9. The number of ether oxygens (including phenoxy) is 2. The lowest BCUT2D eigenvalue weighted by Gasteiger charge is -2.08. The Bertz CT molecular complexity index is 828. The molecule has 0 saturated heterocycles. The minimum Gasteiger partial charge on any atom is -0.494 e. The maximum Gasteiger partial charge on any atom is 0.232 e. The molecule has 0 bridgehead atoms. The molecule has 2 aromatic carbocycles. The zero-order chi connectivity index (χ0) is 19.6. The normalized spacial score (nSPS) is 10.6. The van der Waals surface area contributed by atoms with Crippen LogP contribution in [0.1, 0.15) is 44.2 Å². The Morgan fingerprint density at radius 2 is 1.50 bits per heavy atom. The minimum atomic E-state index is 0.492. The molecular weight excluding hydrogens is 348 g/mol. The number of hydrogen-bond acceptors (Lipinski definition) is 4. The van der Waals surface area contributed by atoms with Gasteiger partial charge in [0, 0.05) is 5.56 Å². The second-order valence-electron chi connectivity index (χ2n) is 6.76. The molecule has 0 aliphatic carbocycles. The molecule has 146 valence electrons. The highest BCUT2D eigenvalue weighted by atomic mass is 16.5. The van der Waals surface area contributed by atoms with Gasteiger partial charge in [0.2, 0.25) is 5.88 Å². The second kappa shape index (κ2) is 10.5. The molecule has 0 radical (unpaired) electrons. The quantitative estimate of drug-likeness (QED) is 0.416. The van der Waals surface area contributed by atoms with Crippen LogP contribution in [0, 0.1) is 0 Å². The molecule has 0 fully saturated rings. The van der Waals surface area contributed by atoms with Gasteiger partial charge in [-0.1, -0.05) is 44.0 Å². The van der Waals surface area contributed by atoms with Crippen LogP contribution in [0.4, 0.5) is 0 Å². The van der Waals surface area contributed by atoms with Crippen LogP contribution < -0.4 is 9.47 Å². The van der Waals surface area contributed by atoms with Gasteiger partial charge in [0.05, 0.1) is 24.7 Å². The molecule has 0 unspecified atom stereocenters. The fourth-order valence-corrected chi connectivity index (χ4v) is 2.97. The summed E-state index contributed by atoms with van der Waals surface area (Å²) in [6.45, 7) is 5.35. The zero-order valence-corrected chi connectivity index (χ0v) is 16.7. The number of nitrogens with zero attached hydrogens (tertiary/aromatic N) is 2. The molecule has 3 rings (SSSR count). The molecule has 0 N–H and O–H groups in total. The average molecular weight is 377 g/mol. The van der Waals surface area contributed by atoms with E-state index in [1.165, 1.54) is 24.8 Å². The van der Waals surface area contributed by atoms with Crippen molar-refractivity contribution in [2.24, 2.45) is 0 Å². The van der Waals surface area contributed by atoms with Gasteiger partial charge in [0.25, 0.3) is 0 Å². The van der Waals surface area contributed by atoms with Crippen molar-refractivity contribution < 1.29 is 9.47 Å². The Morgan fingerprint density at radius 3 is 2.14 bits per heavy atom. The van der Waals surface area contributed by atoms with Crippen LogP contribution in [-0.2, 0) is 13.0 Å². The van der Waals surface area contributed by atoms with E-state index in [2.05, 4.69) is 41.2 Å². The van der Waals surface area contributed by atoms with Gasteiger partial charge in [-0.25, -0.2) is 9.97 Å². The van der Waals surface area contributed by atoms with Gasteiger partial charge < -0.3 is 9.47 Å². The van der Waals surface area contributed by atoms with Crippen LogP contribution in [0.3, 0.4) is 0 Å².